The first-order valence-corrected chi connectivity index (χ1v) is 10.6. The van der Waals surface area contributed by atoms with Gasteiger partial charge in [-0.2, -0.15) is 0 Å². The normalized spacial score (nSPS) is 15.9. The van der Waals surface area contributed by atoms with Crippen molar-refractivity contribution in [2.75, 3.05) is 20.6 Å². The molecule has 1 atom stereocenters. The van der Waals surface area contributed by atoms with Gasteiger partial charge in [-0.1, -0.05) is 42.5 Å². The van der Waals surface area contributed by atoms with Crippen LogP contribution in [0.3, 0.4) is 0 Å². The molecular weight excluding hydrogens is 356 g/mol. The van der Waals surface area contributed by atoms with Gasteiger partial charge in [-0.25, -0.2) is 0 Å². The first-order chi connectivity index (χ1) is 14.2. The lowest BCUT2D eigenvalue weighted by atomic mass is 9.82. The highest BCUT2D eigenvalue weighted by molar-refractivity contribution is 5.58. The Labute approximate surface area is 174 Å². The van der Waals surface area contributed by atoms with E-state index in [1.807, 2.05) is 24.4 Å². The van der Waals surface area contributed by atoms with Crippen LogP contribution in [0, 0.1) is 5.92 Å². The molecule has 0 bridgehead atoms. The molecule has 1 heterocycles. The Balaban J connectivity index is 1.34. The van der Waals surface area contributed by atoms with Crippen LogP contribution in [0.15, 0.2) is 66.9 Å². The van der Waals surface area contributed by atoms with Crippen molar-refractivity contribution in [1.29, 1.82) is 0 Å². The fourth-order valence-corrected chi connectivity index (χ4v) is 4.04. The van der Waals surface area contributed by atoms with Crippen molar-refractivity contribution in [2.45, 2.75) is 32.3 Å². The second-order valence-electron chi connectivity index (χ2n) is 8.34. The minimum absolute atomic E-state index is 0.548. The van der Waals surface area contributed by atoms with E-state index in [1.165, 1.54) is 36.9 Å². The maximum Gasteiger partial charge on any atom is 0.120 e. The third kappa shape index (κ3) is 5.24. The summed E-state index contributed by atoms with van der Waals surface area (Å²) in [5.74, 6) is 1.77. The summed E-state index contributed by atoms with van der Waals surface area (Å²) in [6.45, 7) is 1.73. The van der Waals surface area contributed by atoms with E-state index in [9.17, 15) is 0 Å². The number of hydrogen-bond acceptors (Lipinski definition) is 3. The quantitative estimate of drug-likeness (QED) is 0.545. The number of aromatic nitrogens is 1. The lowest BCUT2D eigenvalue weighted by molar-refractivity contribution is 0.304. The van der Waals surface area contributed by atoms with Crippen molar-refractivity contribution in [1.82, 2.24) is 9.88 Å². The predicted octanol–water partition coefficient (Wildman–Crippen LogP) is 5.38. The van der Waals surface area contributed by atoms with Crippen LogP contribution in [0.5, 0.6) is 5.75 Å². The molecule has 0 fully saturated rings. The molecule has 29 heavy (non-hydrogen) atoms. The smallest absolute Gasteiger partial charge is 0.120 e. The second-order valence-corrected chi connectivity index (χ2v) is 8.34. The van der Waals surface area contributed by atoms with E-state index >= 15 is 0 Å². The average Bonchev–Trinajstić information content (AvgIpc) is 2.77. The van der Waals surface area contributed by atoms with Gasteiger partial charge in [-0.05, 0) is 81.6 Å². The summed E-state index contributed by atoms with van der Waals surface area (Å²) < 4.78 is 6.06. The average molecular weight is 387 g/mol. The van der Waals surface area contributed by atoms with E-state index in [0.717, 1.165) is 34.9 Å². The molecule has 0 saturated heterocycles. The van der Waals surface area contributed by atoms with Gasteiger partial charge < -0.3 is 9.64 Å². The Morgan fingerprint density at radius 1 is 1.00 bits per heavy atom. The van der Waals surface area contributed by atoms with Crippen LogP contribution >= 0.6 is 0 Å². The lowest BCUT2D eigenvalue weighted by Crippen LogP contribution is -2.21. The van der Waals surface area contributed by atoms with Crippen LogP contribution in [0.2, 0.25) is 0 Å². The van der Waals surface area contributed by atoms with E-state index in [1.54, 1.807) is 0 Å². The lowest BCUT2D eigenvalue weighted by Gasteiger charge is -2.26. The highest BCUT2D eigenvalue weighted by Gasteiger charge is 2.19. The number of fused-ring (bicyclic) bond motifs is 1. The summed E-state index contributed by atoms with van der Waals surface area (Å²) in [5, 5.41) is 0. The molecule has 3 nitrogen and oxygen atoms in total. The number of ether oxygens (including phenoxy) is 1. The van der Waals surface area contributed by atoms with Crippen LogP contribution in [0.25, 0.3) is 11.3 Å². The molecule has 0 aliphatic heterocycles. The number of pyridine rings is 1. The van der Waals surface area contributed by atoms with Crippen molar-refractivity contribution >= 4 is 0 Å². The van der Waals surface area contributed by atoms with Crippen LogP contribution in [0.4, 0.5) is 0 Å². The van der Waals surface area contributed by atoms with Gasteiger partial charge in [0.25, 0.3) is 0 Å². The van der Waals surface area contributed by atoms with Crippen molar-refractivity contribution in [3.05, 3.63) is 83.6 Å². The molecule has 0 N–H and O–H groups in total. The Morgan fingerprint density at radius 3 is 2.62 bits per heavy atom. The van der Waals surface area contributed by atoms with E-state index in [2.05, 4.69) is 66.4 Å². The van der Waals surface area contributed by atoms with Gasteiger partial charge in [0, 0.05) is 17.3 Å². The van der Waals surface area contributed by atoms with Gasteiger partial charge in [0.15, 0.2) is 0 Å². The molecule has 3 heteroatoms. The van der Waals surface area contributed by atoms with Crippen molar-refractivity contribution in [2.24, 2.45) is 5.92 Å². The molecule has 0 saturated carbocycles. The molecule has 0 radical (unpaired) electrons. The SMILES string of the molecule is CN(C)CCC1CCc2cc(OCc3ccc(-c4ccccc4)nc3)ccc2C1. The predicted molar refractivity (Wildman–Crippen MR) is 119 cm³/mol. The maximum absolute atomic E-state index is 6.06. The fourth-order valence-electron chi connectivity index (χ4n) is 4.04. The summed E-state index contributed by atoms with van der Waals surface area (Å²) in [4.78, 5) is 6.87. The molecule has 3 aromatic rings. The molecule has 0 amide bonds. The van der Waals surface area contributed by atoms with Crippen LogP contribution in [-0.2, 0) is 19.4 Å². The minimum atomic E-state index is 0.548. The molecule has 4 rings (SSSR count). The summed E-state index contributed by atoms with van der Waals surface area (Å²) in [5.41, 5.74) is 6.18. The molecular formula is C26H30N2O. The standard InChI is InChI=1S/C26H30N2O/c1-28(2)15-14-20-8-10-24-17-25(12-11-23(24)16-20)29-19-21-9-13-26(27-18-21)22-6-4-3-5-7-22/h3-7,9,11-13,17-18,20H,8,10,14-16,19H2,1-2H3. The number of nitrogens with zero attached hydrogens (tertiary/aromatic N) is 2. The summed E-state index contributed by atoms with van der Waals surface area (Å²) >= 11 is 0. The fraction of sp³-hybridized carbons (Fsp3) is 0.346. The van der Waals surface area contributed by atoms with E-state index in [4.69, 9.17) is 4.74 Å². The molecule has 1 unspecified atom stereocenters. The first-order valence-electron chi connectivity index (χ1n) is 10.6. The van der Waals surface area contributed by atoms with Crippen LogP contribution in [0.1, 0.15) is 29.5 Å². The molecule has 150 valence electrons. The van der Waals surface area contributed by atoms with Crippen molar-refractivity contribution < 1.29 is 4.74 Å². The Kier molecular flexibility index (Phi) is 6.26. The Hall–Kier alpha value is -2.65. The molecule has 2 aromatic carbocycles. The first kappa shape index (κ1) is 19.7. The van der Waals surface area contributed by atoms with Crippen LogP contribution in [-0.4, -0.2) is 30.5 Å². The maximum atomic E-state index is 6.06. The molecule has 0 spiro atoms. The summed E-state index contributed by atoms with van der Waals surface area (Å²) in [6, 6.07) is 21.0. The van der Waals surface area contributed by atoms with E-state index in [-0.39, 0.29) is 0 Å². The van der Waals surface area contributed by atoms with Gasteiger partial charge in [0.1, 0.15) is 12.4 Å². The Bertz CT molecular complexity index is 919. The summed E-state index contributed by atoms with van der Waals surface area (Å²) in [6.07, 6.45) is 6.86. The number of aryl methyl sites for hydroxylation is 1. The largest absolute Gasteiger partial charge is 0.489 e. The number of hydrogen-bond donors (Lipinski definition) is 0. The second kappa shape index (κ2) is 9.23. The third-order valence-electron chi connectivity index (χ3n) is 5.79. The van der Waals surface area contributed by atoms with E-state index in [0.29, 0.717) is 6.61 Å². The van der Waals surface area contributed by atoms with Gasteiger partial charge in [0.2, 0.25) is 0 Å². The van der Waals surface area contributed by atoms with Gasteiger partial charge in [0.05, 0.1) is 5.69 Å². The van der Waals surface area contributed by atoms with Crippen LogP contribution < -0.4 is 4.74 Å². The molecule has 1 aromatic heterocycles. The zero-order valence-corrected chi connectivity index (χ0v) is 17.5. The van der Waals surface area contributed by atoms with E-state index < -0.39 is 0 Å². The number of benzene rings is 2. The number of rotatable bonds is 7. The van der Waals surface area contributed by atoms with Gasteiger partial charge >= 0.3 is 0 Å². The molecule has 1 aliphatic carbocycles. The highest BCUT2D eigenvalue weighted by atomic mass is 16.5. The topological polar surface area (TPSA) is 25.4 Å². The summed E-state index contributed by atoms with van der Waals surface area (Å²) in [7, 11) is 4.32. The third-order valence-corrected chi connectivity index (χ3v) is 5.79. The highest BCUT2D eigenvalue weighted by Crippen LogP contribution is 2.30. The monoisotopic (exact) mass is 386 g/mol. The minimum Gasteiger partial charge on any atom is -0.489 e. The van der Waals surface area contributed by atoms with Crippen molar-refractivity contribution in [3.63, 3.8) is 0 Å². The molecule has 1 aliphatic rings. The Morgan fingerprint density at radius 2 is 1.86 bits per heavy atom. The zero-order chi connectivity index (χ0) is 20.1. The van der Waals surface area contributed by atoms with Crippen molar-refractivity contribution in [3.8, 4) is 17.0 Å². The van der Waals surface area contributed by atoms with Gasteiger partial charge in [-0.15, -0.1) is 0 Å². The van der Waals surface area contributed by atoms with Gasteiger partial charge in [-0.3, -0.25) is 4.98 Å². The zero-order valence-electron chi connectivity index (χ0n) is 17.5.